The van der Waals surface area contributed by atoms with Gasteiger partial charge in [-0.15, -0.1) is 0 Å². The number of carbonyl (C=O) groups excluding carboxylic acids is 1. The third-order valence-electron chi connectivity index (χ3n) is 3.27. The van der Waals surface area contributed by atoms with E-state index < -0.39 is 23.3 Å². The van der Waals surface area contributed by atoms with E-state index in [4.69, 9.17) is 0 Å². The summed E-state index contributed by atoms with van der Waals surface area (Å²) in [6.45, 7) is 1.90. The number of Topliss-reactive ketones (excluding diaryl/α,β-unsaturated/α-hetero) is 1. The van der Waals surface area contributed by atoms with Gasteiger partial charge in [0.2, 0.25) is 0 Å². The normalized spacial score (nSPS) is 11.7. The Kier molecular flexibility index (Phi) is 4.44. The molecule has 0 radical (unpaired) electrons. The summed E-state index contributed by atoms with van der Waals surface area (Å²) >= 11 is 0. The number of nitriles is 1. The molecule has 4 heteroatoms. The lowest BCUT2D eigenvalue weighted by Crippen LogP contribution is -2.14. The average Bonchev–Trinajstić information content (AvgIpc) is 2.46. The summed E-state index contributed by atoms with van der Waals surface area (Å²) in [4.78, 5) is 12.5. The molecule has 2 nitrogen and oxygen atoms in total. The van der Waals surface area contributed by atoms with Crippen molar-refractivity contribution < 1.29 is 13.6 Å². The topological polar surface area (TPSA) is 40.9 Å². The molecule has 0 aliphatic heterocycles. The van der Waals surface area contributed by atoms with E-state index in [0.29, 0.717) is 18.1 Å². The minimum Gasteiger partial charge on any atom is -0.292 e. The summed E-state index contributed by atoms with van der Waals surface area (Å²) in [6.07, 6.45) is 0.636. The zero-order chi connectivity index (χ0) is 15.4. The summed E-state index contributed by atoms with van der Waals surface area (Å²) in [7, 11) is 0. The largest absolute Gasteiger partial charge is 0.292 e. The van der Waals surface area contributed by atoms with Gasteiger partial charge < -0.3 is 0 Å². The van der Waals surface area contributed by atoms with Crippen molar-refractivity contribution in [1.29, 1.82) is 5.26 Å². The molecule has 0 bridgehead atoms. The third kappa shape index (κ3) is 3.14. The SMILES string of the molecule is CCc1ccccc1C(=O)C(C#N)c1cc(F)cc(F)c1. The number of halogens is 2. The van der Waals surface area contributed by atoms with Crippen LogP contribution in [0.3, 0.4) is 0 Å². The van der Waals surface area contributed by atoms with E-state index in [9.17, 15) is 18.8 Å². The molecule has 0 aliphatic carbocycles. The highest BCUT2D eigenvalue weighted by Crippen LogP contribution is 2.24. The minimum absolute atomic E-state index is 0.0332. The number of rotatable bonds is 4. The van der Waals surface area contributed by atoms with Crippen molar-refractivity contribution >= 4 is 5.78 Å². The molecule has 0 saturated heterocycles. The Balaban J connectivity index is 2.46. The fourth-order valence-corrected chi connectivity index (χ4v) is 2.25. The molecule has 2 rings (SSSR count). The lowest BCUT2D eigenvalue weighted by atomic mass is 9.89. The first-order chi connectivity index (χ1) is 10.1. The number of aryl methyl sites for hydroxylation is 1. The van der Waals surface area contributed by atoms with Crippen LogP contribution in [0.2, 0.25) is 0 Å². The Labute approximate surface area is 121 Å². The second-order valence-electron chi connectivity index (χ2n) is 4.64. The van der Waals surface area contributed by atoms with Crippen LogP contribution >= 0.6 is 0 Å². The molecule has 106 valence electrons. The predicted octanol–water partition coefficient (Wildman–Crippen LogP) is 4.02. The van der Waals surface area contributed by atoms with Gasteiger partial charge in [-0.3, -0.25) is 4.79 Å². The maximum Gasteiger partial charge on any atom is 0.184 e. The fourth-order valence-electron chi connectivity index (χ4n) is 2.25. The third-order valence-corrected chi connectivity index (χ3v) is 3.27. The van der Waals surface area contributed by atoms with E-state index in [1.807, 2.05) is 13.0 Å². The van der Waals surface area contributed by atoms with Crippen LogP contribution in [0.15, 0.2) is 42.5 Å². The van der Waals surface area contributed by atoms with Crippen LogP contribution < -0.4 is 0 Å². The van der Waals surface area contributed by atoms with Gasteiger partial charge >= 0.3 is 0 Å². The van der Waals surface area contributed by atoms with Gasteiger partial charge in [0.25, 0.3) is 0 Å². The molecule has 2 aromatic carbocycles. The maximum absolute atomic E-state index is 13.3. The molecule has 0 heterocycles. The molecule has 0 spiro atoms. The highest BCUT2D eigenvalue weighted by atomic mass is 19.1. The van der Waals surface area contributed by atoms with Crippen LogP contribution in [-0.4, -0.2) is 5.78 Å². The van der Waals surface area contributed by atoms with Crippen LogP contribution in [0.1, 0.15) is 34.3 Å². The molecular formula is C17H13F2NO. The van der Waals surface area contributed by atoms with Gasteiger partial charge in [-0.25, -0.2) is 8.78 Å². The highest BCUT2D eigenvalue weighted by Gasteiger charge is 2.24. The van der Waals surface area contributed by atoms with Crippen molar-refractivity contribution in [3.63, 3.8) is 0 Å². The molecule has 2 aromatic rings. The van der Waals surface area contributed by atoms with Gasteiger partial charge in [-0.2, -0.15) is 5.26 Å². The zero-order valence-electron chi connectivity index (χ0n) is 11.4. The summed E-state index contributed by atoms with van der Waals surface area (Å²) in [5.41, 5.74) is 1.25. The van der Waals surface area contributed by atoms with Crippen molar-refractivity contribution in [2.75, 3.05) is 0 Å². The van der Waals surface area contributed by atoms with Crippen LogP contribution in [0.5, 0.6) is 0 Å². The Bertz CT molecular complexity index is 699. The summed E-state index contributed by atoms with van der Waals surface area (Å²) in [5, 5.41) is 9.24. The standard InChI is InChI=1S/C17H13F2NO/c1-2-11-5-3-4-6-15(11)17(21)16(10-20)12-7-13(18)9-14(19)8-12/h3-9,16H,2H2,1H3. The first-order valence-electron chi connectivity index (χ1n) is 6.54. The van der Waals surface area contributed by atoms with E-state index >= 15 is 0 Å². The lowest BCUT2D eigenvalue weighted by Gasteiger charge is -2.12. The molecule has 0 aromatic heterocycles. The Morgan fingerprint density at radius 3 is 2.38 bits per heavy atom. The quantitative estimate of drug-likeness (QED) is 0.796. The molecule has 1 atom stereocenters. The number of hydrogen-bond donors (Lipinski definition) is 0. The van der Waals surface area contributed by atoms with Crippen molar-refractivity contribution in [3.8, 4) is 6.07 Å². The van der Waals surface area contributed by atoms with Gasteiger partial charge in [-0.1, -0.05) is 31.2 Å². The van der Waals surface area contributed by atoms with E-state index in [1.165, 1.54) is 0 Å². The zero-order valence-corrected chi connectivity index (χ0v) is 11.4. The van der Waals surface area contributed by atoms with Crippen molar-refractivity contribution in [2.45, 2.75) is 19.3 Å². The maximum atomic E-state index is 13.3. The second kappa shape index (κ2) is 6.27. The van der Waals surface area contributed by atoms with Crippen LogP contribution in [0, 0.1) is 23.0 Å². The van der Waals surface area contributed by atoms with Gasteiger partial charge in [-0.05, 0) is 29.7 Å². The first-order valence-corrected chi connectivity index (χ1v) is 6.54. The summed E-state index contributed by atoms with van der Waals surface area (Å²) in [5.74, 6) is -3.27. The fraction of sp³-hybridized carbons (Fsp3) is 0.176. The minimum atomic E-state index is -1.22. The van der Waals surface area contributed by atoms with E-state index in [1.54, 1.807) is 24.3 Å². The van der Waals surface area contributed by atoms with E-state index in [0.717, 1.165) is 17.7 Å². The monoisotopic (exact) mass is 285 g/mol. The Morgan fingerprint density at radius 2 is 1.81 bits per heavy atom. The van der Waals surface area contributed by atoms with Crippen molar-refractivity contribution in [1.82, 2.24) is 0 Å². The van der Waals surface area contributed by atoms with Crippen molar-refractivity contribution in [2.24, 2.45) is 0 Å². The molecule has 0 amide bonds. The Morgan fingerprint density at radius 1 is 1.19 bits per heavy atom. The molecule has 0 fully saturated rings. The lowest BCUT2D eigenvalue weighted by molar-refractivity contribution is 0.0978. The second-order valence-corrected chi connectivity index (χ2v) is 4.64. The van der Waals surface area contributed by atoms with Gasteiger partial charge in [0.1, 0.15) is 17.6 Å². The van der Waals surface area contributed by atoms with Crippen LogP contribution in [0.25, 0.3) is 0 Å². The van der Waals surface area contributed by atoms with Gasteiger partial charge in [0.05, 0.1) is 6.07 Å². The number of hydrogen-bond acceptors (Lipinski definition) is 2. The number of nitrogens with zero attached hydrogens (tertiary/aromatic N) is 1. The van der Waals surface area contributed by atoms with Gasteiger partial charge in [0, 0.05) is 11.6 Å². The number of ketones is 1. The molecule has 0 aliphatic rings. The van der Waals surface area contributed by atoms with E-state index in [2.05, 4.69) is 0 Å². The average molecular weight is 285 g/mol. The molecule has 1 unspecified atom stereocenters. The smallest absolute Gasteiger partial charge is 0.184 e. The molecule has 0 N–H and O–H groups in total. The highest BCUT2D eigenvalue weighted by molar-refractivity contribution is 6.03. The molecular weight excluding hydrogens is 272 g/mol. The Hall–Kier alpha value is -2.54. The summed E-state index contributed by atoms with van der Waals surface area (Å²) in [6, 6.07) is 11.5. The first kappa shape index (κ1) is 14.9. The summed E-state index contributed by atoms with van der Waals surface area (Å²) < 4.78 is 26.6. The van der Waals surface area contributed by atoms with Crippen LogP contribution in [-0.2, 0) is 6.42 Å². The number of carbonyl (C=O) groups is 1. The molecule has 21 heavy (non-hydrogen) atoms. The van der Waals surface area contributed by atoms with E-state index in [-0.39, 0.29) is 5.56 Å². The van der Waals surface area contributed by atoms with Gasteiger partial charge in [0.15, 0.2) is 5.78 Å². The van der Waals surface area contributed by atoms with Crippen LogP contribution in [0.4, 0.5) is 8.78 Å². The number of benzene rings is 2. The molecule has 0 saturated carbocycles. The van der Waals surface area contributed by atoms with Crippen molar-refractivity contribution in [3.05, 3.63) is 70.8 Å². The predicted molar refractivity (Wildman–Crippen MR) is 74.9 cm³/mol.